The van der Waals surface area contributed by atoms with E-state index in [2.05, 4.69) is 19.9 Å². The molecule has 3 N–H and O–H groups in total. The molecule has 2 rings (SSSR count). The average Bonchev–Trinajstić information content (AvgIpc) is 2.26. The second-order valence-electron chi connectivity index (χ2n) is 4.64. The van der Waals surface area contributed by atoms with E-state index in [1.54, 1.807) is 6.92 Å². The minimum Gasteiger partial charge on any atom is -0.369 e. The molecule has 0 bridgehead atoms. The van der Waals surface area contributed by atoms with Gasteiger partial charge in [0.25, 0.3) is 5.56 Å². The molecule has 0 aliphatic carbocycles. The topological polar surface area (TPSA) is 107 Å². The maximum absolute atomic E-state index is 11.8. The summed E-state index contributed by atoms with van der Waals surface area (Å²) in [5.74, 6) is 0.0328. The third-order valence-corrected chi connectivity index (χ3v) is 2.63. The molecule has 7 heteroatoms. The third kappa shape index (κ3) is 2.70. The van der Waals surface area contributed by atoms with Gasteiger partial charge < -0.3 is 10.5 Å². The van der Waals surface area contributed by atoms with Crippen LogP contribution in [-0.2, 0) is 4.74 Å². The summed E-state index contributed by atoms with van der Waals surface area (Å²) in [6, 6.07) is 0. The first kappa shape index (κ1) is 13.4. The third-order valence-electron chi connectivity index (χ3n) is 2.63. The van der Waals surface area contributed by atoms with Crippen molar-refractivity contribution in [1.82, 2.24) is 19.9 Å². The zero-order chi connectivity index (χ0) is 14.2. The number of nitrogens with zero attached hydrogens (tertiary/aromatic N) is 3. The summed E-state index contributed by atoms with van der Waals surface area (Å²) in [5, 5.41) is 0. The molecule has 1 unspecified atom stereocenters. The lowest BCUT2D eigenvalue weighted by molar-refractivity contribution is 0.0150. The summed E-state index contributed by atoms with van der Waals surface area (Å²) < 4.78 is 5.67. The summed E-state index contributed by atoms with van der Waals surface area (Å²) in [6.07, 6.45) is -0.177. The van der Waals surface area contributed by atoms with E-state index >= 15 is 0 Å². The van der Waals surface area contributed by atoms with Crippen molar-refractivity contribution in [2.24, 2.45) is 0 Å². The summed E-state index contributed by atoms with van der Waals surface area (Å²) >= 11 is 0. The van der Waals surface area contributed by atoms with Crippen LogP contribution in [0.5, 0.6) is 0 Å². The van der Waals surface area contributed by atoms with E-state index in [9.17, 15) is 4.79 Å². The quantitative estimate of drug-likeness (QED) is 0.858. The number of anilines is 1. The van der Waals surface area contributed by atoms with Crippen LogP contribution in [0.3, 0.4) is 0 Å². The van der Waals surface area contributed by atoms with E-state index in [1.165, 1.54) is 0 Å². The Hall–Kier alpha value is -2.02. The summed E-state index contributed by atoms with van der Waals surface area (Å²) in [5.41, 5.74) is 6.82. The zero-order valence-corrected chi connectivity index (χ0v) is 11.4. The van der Waals surface area contributed by atoms with E-state index in [0.717, 1.165) is 0 Å². The maximum Gasteiger partial charge on any atom is 0.280 e. The van der Waals surface area contributed by atoms with Gasteiger partial charge in [-0.3, -0.25) is 9.78 Å². The molecule has 2 aromatic heterocycles. The molecule has 0 amide bonds. The second-order valence-corrected chi connectivity index (χ2v) is 4.64. The number of hydrogen-bond donors (Lipinski definition) is 2. The lowest BCUT2D eigenvalue weighted by Crippen LogP contribution is -2.17. The van der Waals surface area contributed by atoms with Gasteiger partial charge in [0.2, 0.25) is 5.95 Å². The van der Waals surface area contributed by atoms with Gasteiger partial charge in [-0.25, -0.2) is 9.97 Å². The van der Waals surface area contributed by atoms with Crippen molar-refractivity contribution < 1.29 is 4.74 Å². The average molecular weight is 263 g/mol. The monoisotopic (exact) mass is 263 g/mol. The van der Waals surface area contributed by atoms with Crippen molar-refractivity contribution in [3.8, 4) is 0 Å². The number of aromatic amines is 1. The summed E-state index contributed by atoms with van der Waals surface area (Å²) in [4.78, 5) is 26.8. The van der Waals surface area contributed by atoms with Crippen LogP contribution in [0.15, 0.2) is 4.79 Å². The molecule has 0 fully saturated rings. The Balaban J connectivity index is 2.58. The molecule has 2 aromatic rings. The number of aryl methyl sites for hydroxylation is 1. The number of H-pyrrole nitrogens is 1. The highest BCUT2D eigenvalue weighted by molar-refractivity contribution is 5.69. The van der Waals surface area contributed by atoms with Crippen LogP contribution < -0.4 is 11.3 Å². The van der Waals surface area contributed by atoms with Crippen molar-refractivity contribution in [2.75, 3.05) is 5.73 Å². The van der Waals surface area contributed by atoms with E-state index in [4.69, 9.17) is 10.5 Å². The van der Waals surface area contributed by atoms with E-state index in [1.807, 2.05) is 20.8 Å². The van der Waals surface area contributed by atoms with Crippen LogP contribution in [0, 0.1) is 6.92 Å². The molecule has 0 aliphatic rings. The van der Waals surface area contributed by atoms with Crippen molar-refractivity contribution in [3.05, 3.63) is 21.7 Å². The van der Waals surface area contributed by atoms with Gasteiger partial charge >= 0.3 is 0 Å². The van der Waals surface area contributed by atoms with Crippen LogP contribution in [0.25, 0.3) is 11.2 Å². The van der Waals surface area contributed by atoms with Crippen molar-refractivity contribution >= 4 is 17.1 Å². The highest BCUT2D eigenvalue weighted by Gasteiger charge is 2.16. The fourth-order valence-electron chi connectivity index (χ4n) is 1.93. The largest absolute Gasteiger partial charge is 0.369 e. The predicted molar refractivity (Wildman–Crippen MR) is 71.7 cm³/mol. The van der Waals surface area contributed by atoms with Gasteiger partial charge in [-0.15, -0.1) is 0 Å². The second kappa shape index (κ2) is 4.93. The number of nitrogen functional groups attached to an aromatic ring is 1. The van der Waals surface area contributed by atoms with Gasteiger partial charge in [-0.2, -0.15) is 4.98 Å². The van der Waals surface area contributed by atoms with Crippen LogP contribution in [0.4, 0.5) is 5.95 Å². The maximum atomic E-state index is 11.8. The van der Waals surface area contributed by atoms with Gasteiger partial charge in [0, 0.05) is 0 Å². The number of aromatic nitrogens is 4. The van der Waals surface area contributed by atoms with E-state index in [0.29, 0.717) is 11.4 Å². The highest BCUT2D eigenvalue weighted by atomic mass is 16.5. The van der Waals surface area contributed by atoms with Crippen LogP contribution in [0.1, 0.15) is 38.3 Å². The molecule has 0 aromatic carbocycles. The predicted octanol–water partition coefficient (Wildman–Crippen LogP) is 1.09. The number of ether oxygens (including phenoxy) is 1. The number of fused-ring (bicyclic) bond motifs is 1. The Labute approximate surface area is 110 Å². The van der Waals surface area contributed by atoms with Gasteiger partial charge in [0.1, 0.15) is 0 Å². The Morgan fingerprint density at radius 2 is 1.89 bits per heavy atom. The van der Waals surface area contributed by atoms with E-state index in [-0.39, 0.29) is 29.3 Å². The highest BCUT2D eigenvalue weighted by Crippen LogP contribution is 2.20. The normalized spacial score (nSPS) is 13.1. The molecule has 0 radical (unpaired) electrons. The number of nitrogens with one attached hydrogen (secondary N) is 1. The fraction of sp³-hybridized carbons (Fsp3) is 0.500. The smallest absolute Gasteiger partial charge is 0.280 e. The number of nitrogens with two attached hydrogens (primary N) is 1. The van der Waals surface area contributed by atoms with Crippen molar-refractivity contribution in [2.45, 2.75) is 39.9 Å². The first-order valence-corrected chi connectivity index (χ1v) is 6.08. The first-order valence-electron chi connectivity index (χ1n) is 6.08. The Bertz CT molecular complexity index is 665. The molecular formula is C12H17N5O2. The van der Waals surface area contributed by atoms with Gasteiger partial charge in [-0.1, -0.05) is 0 Å². The van der Waals surface area contributed by atoms with Crippen LogP contribution in [0.2, 0.25) is 0 Å². The number of rotatable bonds is 3. The first-order chi connectivity index (χ1) is 8.88. The van der Waals surface area contributed by atoms with Crippen molar-refractivity contribution in [3.63, 3.8) is 0 Å². The zero-order valence-electron chi connectivity index (χ0n) is 11.4. The van der Waals surface area contributed by atoms with Crippen LogP contribution in [-0.4, -0.2) is 26.0 Å². The van der Waals surface area contributed by atoms with Gasteiger partial charge in [0.05, 0.1) is 23.6 Å². The lowest BCUT2D eigenvalue weighted by atomic mass is 10.2. The Kier molecular flexibility index (Phi) is 3.48. The molecule has 19 heavy (non-hydrogen) atoms. The molecule has 7 nitrogen and oxygen atoms in total. The Morgan fingerprint density at radius 3 is 2.53 bits per heavy atom. The van der Waals surface area contributed by atoms with Crippen LogP contribution >= 0.6 is 0 Å². The molecule has 0 saturated heterocycles. The Morgan fingerprint density at radius 1 is 1.21 bits per heavy atom. The summed E-state index contributed by atoms with van der Waals surface area (Å²) in [7, 11) is 0. The SMILES string of the molecule is Cc1nc2nc(N)[nH]c(=O)c2nc1C(C)OC(C)C. The van der Waals surface area contributed by atoms with E-state index < -0.39 is 5.56 Å². The molecule has 0 spiro atoms. The molecular weight excluding hydrogens is 246 g/mol. The van der Waals surface area contributed by atoms with Gasteiger partial charge in [-0.05, 0) is 27.7 Å². The summed E-state index contributed by atoms with van der Waals surface area (Å²) in [6.45, 7) is 7.56. The number of hydrogen-bond acceptors (Lipinski definition) is 6. The molecule has 102 valence electrons. The molecule has 1 atom stereocenters. The standard InChI is InChI=1S/C12H17N5O2/c1-5(2)19-7(4)8-6(3)14-10-9(15-8)11(18)17-12(13)16-10/h5,7H,1-4H3,(H3,13,14,16,17,18). The minimum absolute atomic E-state index is 0.0328. The van der Waals surface area contributed by atoms with Gasteiger partial charge in [0.15, 0.2) is 11.2 Å². The fourth-order valence-corrected chi connectivity index (χ4v) is 1.93. The molecule has 0 aliphatic heterocycles. The minimum atomic E-state index is -0.395. The lowest BCUT2D eigenvalue weighted by Gasteiger charge is -2.17. The van der Waals surface area contributed by atoms with Crippen molar-refractivity contribution in [1.29, 1.82) is 0 Å². The molecule has 0 saturated carbocycles. The molecule has 2 heterocycles.